The largest absolute Gasteiger partial charge is 0.497 e. The van der Waals surface area contributed by atoms with Crippen LogP contribution in [-0.4, -0.2) is 34.3 Å². The highest BCUT2D eigenvalue weighted by Gasteiger charge is 2.22. The molecule has 1 N–H and O–H groups in total. The highest BCUT2D eigenvalue weighted by Crippen LogP contribution is 2.29. The van der Waals surface area contributed by atoms with E-state index >= 15 is 0 Å². The first-order chi connectivity index (χ1) is 12.3. The lowest BCUT2D eigenvalue weighted by molar-refractivity contribution is 0.0936. The number of rotatable bonds is 7. The fourth-order valence-electron chi connectivity index (χ4n) is 2.61. The predicted molar refractivity (Wildman–Crippen MR) is 99.6 cm³/mol. The topological polar surface area (TPSA) is 81.7 Å². The molecule has 0 heterocycles. The summed E-state index contributed by atoms with van der Waals surface area (Å²) >= 11 is 0. The van der Waals surface area contributed by atoms with Crippen LogP contribution in [0.2, 0.25) is 0 Å². The van der Waals surface area contributed by atoms with Crippen molar-refractivity contribution in [2.24, 2.45) is 0 Å². The lowest BCUT2D eigenvalue weighted by atomic mass is 10.1. The molecule has 2 rings (SSSR count). The van der Waals surface area contributed by atoms with Crippen LogP contribution in [0.15, 0.2) is 47.4 Å². The van der Waals surface area contributed by atoms with Gasteiger partial charge in [0.15, 0.2) is 9.84 Å². The molecule has 26 heavy (non-hydrogen) atoms. The van der Waals surface area contributed by atoms with Crippen LogP contribution in [-0.2, 0) is 9.84 Å². The SMILES string of the molecule is CCS(=O)(=O)c1ccccc1C(=O)N[C@H](C)c1cc(OC)ccc1OC. The maximum atomic E-state index is 12.7. The van der Waals surface area contributed by atoms with Gasteiger partial charge in [-0.2, -0.15) is 0 Å². The average molecular weight is 377 g/mol. The van der Waals surface area contributed by atoms with Crippen LogP contribution in [0.1, 0.15) is 35.8 Å². The molecule has 140 valence electrons. The van der Waals surface area contributed by atoms with Crippen molar-refractivity contribution >= 4 is 15.7 Å². The molecular weight excluding hydrogens is 354 g/mol. The monoisotopic (exact) mass is 377 g/mol. The molecule has 2 aromatic carbocycles. The number of amides is 1. The normalized spacial score (nSPS) is 12.3. The number of methoxy groups -OCH3 is 2. The molecule has 0 unspecified atom stereocenters. The van der Waals surface area contributed by atoms with Gasteiger partial charge in [0, 0.05) is 5.56 Å². The Morgan fingerprint density at radius 2 is 1.81 bits per heavy atom. The molecular formula is C19H23NO5S. The van der Waals surface area contributed by atoms with Crippen molar-refractivity contribution in [3.8, 4) is 11.5 Å². The second-order valence-electron chi connectivity index (χ2n) is 5.70. The third kappa shape index (κ3) is 4.16. The van der Waals surface area contributed by atoms with Gasteiger partial charge >= 0.3 is 0 Å². The molecule has 0 aliphatic heterocycles. The quantitative estimate of drug-likeness (QED) is 0.802. The lowest BCUT2D eigenvalue weighted by Crippen LogP contribution is -2.28. The number of benzene rings is 2. The van der Waals surface area contributed by atoms with Crippen LogP contribution < -0.4 is 14.8 Å². The number of nitrogens with one attached hydrogen (secondary N) is 1. The van der Waals surface area contributed by atoms with Gasteiger partial charge in [-0.3, -0.25) is 4.79 Å². The van der Waals surface area contributed by atoms with Gasteiger partial charge in [0.25, 0.3) is 5.91 Å². The number of hydrogen-bond donors (Lipinski definition) is 1. The molecule has 1 atom stereocenters. The summed E-state index contributed by atoms with van der Waals surface area (Å²) in [5, 5.41) is 2.84. The Hall–Kier alpha value is -2.54. The van der Waals surface area contributed by atoms with Gasteiger partial charge in [0.2, 0.25) is 0 Å². The number of carbonyl (C=O) groups is 1. The van der Waals surface area contributed by atoms with Crippen LogP contribution in [0.25, 0.3) is 0 Å². The molecule has 0 aromatic heterocycles. The third-order valence-corrected chi connectivity index (χ3v) is 5.88. The van der Waals surface area contributed by atoms with Gasteiger partial charge in [0.1, 0.15) is 11.5 Å². The van der Waals surface area contributed by atoms with Crippen molar-refractivity contribution in [2.45, 2.75) is 24.8 Å². The van der Waals surface area contributed by atoms with Crippen molar-refractivity contribution < 1.29 is 22.7 Å². The number of carbonyl (C=O) groups excluding carboxylic acids is 1. The Balaban J connectivity index is 2.34. The van der Waals surface area contributed by atoms with Gasteiger partial charge in [-0.1, -0.05) is 19.1 Å². The van der Waals surface area contributed by atoms with Gasteiger partial charge in [-0.25, -0.2) is 8.42 Å². The molecule has 0 saturated heterocycles. The van der Waals surface area contributed by atoms with E-state index in [9.17, 15) is 13.2 Å². The average Bonchev–Trinajstić information content (AvgIpc) is 2.67. The van der Waals surface area contributed by atoms with Crippen molar-refractivity contribution in [1.29, 1.82) is 0 Å². The Labute approximate surface area is 154 Å². The van der Waals surface area contributed by atoms with Crippen molar-refractivity contribution in [1.82, 2.24) is 5.32 Å². The molecule has 6 nitrogen and oxygen atoms in total. The lowest BCUT2D eigenvalue weighted by Gasteiger charge is -2.19. The van der Waals surface area contributed by atoms with E-state index in [1.165, 1.54) is 12.1 Å². The fraction of sp³-hybridized carbons (Fsp3) is 0.316. The van der Waals surface area contributed by atoms with Crippen molar-refractivity contribution in [3.05, 3.63) is 53.6 Å². The minimum atomic E-state index is -3.50. The molecule has 0 bridgehead atoms. The summed E-state index contributed by atoms with van der Waals surface area (Å²) in [6.07, 6.45) is 0. The van der Waals surface area contributed by atoms with Crippen molar-refractivity contribution in [3.63, 3.8) is 0 Å². The zero-order valence-electron chi connectivity index (χ0n) is 15.3. The summed E-state index contributed by atoms with van der Waals surface area (Å²) < 4.78 is 35.1. The van der Waals surface area contributed by atoms with E-state index in [0.29, 0.717) is 11.5 Å². The van der Waals surface area contributed by atoms with E-state index in [1.54, 1.807) is 58.4 Å². The second-order valence-corrected chi connectivity index (χ2v) is 7.95. The Morgan fingerprint density at radius 1 is 1.12 bits per heavy atom. The number of hydrogen-bond acceptors (Lipinski definition) is 5. The zero-order chi connectivity index (χ0) is 19.3. The summed E-state index contributed by atoms with van der Waals surface area (Å²) in [5.74, 6) is 0.704. The molecule has 0 fully saturated rings. The zero-order valence-corrected chi connectivity index (χ0v) is 16.1. The highest BCUT2D eigenvalue weighted by molar-refractivity contribution is 7.91. The fourth-order valence-corrected chi connectivity index (χ4v) is 3.70. The molecule has 0 spiro atoms. The Bertz CT molecular complexity index is 893. The van der Waals surface area contributed by atoms with E-state index < -0.39 is 21.8 Å². The summed E-state index contributed by atoms with van der Waals surface area (Å²) in [6, 6.07) is 11.1. The first-order valence-electron chi connectivity index (χ1n) is 8.18. The molecule has 0 aliphatic rings. The first kappa shape index (κ1) is 19.8. The van der Waals surface area contributed by atoms with Gasteiger partial charge in [-0.15, -0.1) is 0 Å². The standard InChI is InChI=1S/C19H23NO5S/c1-5-26(22,23)18-9-7-6-8-15(18)19(21)20-13(2)16-12-14(24-3)10-11-17(16)25-4/h6-13H,5H2,1-4H3,(H,20,21)/t13-/m1/s1. The summed E-state index contributed by atoms with van der Waals surface area (Å²) in [6.45, 7) is 3.35. The van der Waals surface area contributed by atoms with Gasteiger partial charge in [0.05, 0.1) is 36.5 Å². The molecule has 0 radical (unpaired) electrons. The van der Waals surface area contributed by atoms with Crippen LogP contribution in [0, 0.1) is 0 Å². The van der Waals surface area contributed by atoms with Crippen molar-refractivity contribution in [2.75, 3.05) is 20.0 Å². The predicted octanol–water partition coefficient (Wildman–Crippen LogP) is 2.99. The van der Waals surface area contributed by atoms with Crippen LogP contribution in [0.3, 0.4) is 0 Å². The third-order valence-electron chi connectivity index (χ3n) is 4.10. The summed E-state index contributed by atoms with van der Waals surface area (Å²) in [5.41, 5.74) is 0.860. The van der Waals surface area contributed by atoms with E-state index in [1.807, 2.05) is 0 Å². The first-order valence-corrected chi connectivity index (χ1v) is 9.83. The maximum Gasteiger partial charge on any atom is 0.253 e. The van der Waals surface area contributed by atoms with E-state index in [2.05, 4.69) is 5.32 Å². The van der Waals surface area contributed by atoms with Crippen LogP contribution in [0.5, 0.6) is 11.5 Å². The molecule has 0 saturated carbocycles. The Morgan fingerprint density at radius 3 is 2.42 bits per heavy atom. The number of ether oxygens (including phenoxy) is 2. The minimum Gasteiger partial charge on any atom is -0.497 e. The van der Waals surface area contributed by atoms with E-state index in [4.69, 9.17) is 9.47 Å². The molecule has 7 heteroatoms. The summed E-state index contributed by atoms with van der Waals surface area (Å²) in [7, 11) is -0.402. The van der Waals surface area contributed by atoms with E-state index in [0.717, 1.165) is 5.56 Å². The summed E-state index contributed by atoms with van der Waals surface area (Å²) in [4.78, 5) is 12.8. The second kappa shape index (κ2) is 8.23. The van der Waals surface area contributed by atoms with Crippen LogP contribution in [0.4, 0.5) is 0 Å². The maximum absolute atomic E-state index is 12.7. The van der Waals surface area contributed by atoms with E-state index in [-0.39, 0.29) is 16.2 Å². The van der Waals surface area contributed by atoms with Gasteiger partial charge in [-0.05, 0) is 37.3 Å². The number of sulfone groups is 1. The minimum absolute atomic E-state index is 0.0322. The molecule has 1 amide bonds. The smallest absolute Gasteiger partial charge is 0.253 e. The van der Waals surface area contributed by atoms with Crippen LogP contribution >= 0.6 is 0 Å². The van der Waals surface area contributed by atoms with Gasteiger partial charge < -0.3 is 14.8 Å². The molecule has 0 aliphatic carbocycles. The Kier molecular flexibility index (Phi) is 6.26. The highest BCUT2D eigenvalue weighted by atomic mass is 32.2. The molecule has 2 aromatic rings.